The Balaban J connectivity index is 2.38. The van der Waals surface area contributed by atoms with Gasteiger partial charge < -0.3 is 16.2 Å². The number of hydrogen-bond donors (Lipinski definition) is 2. The molecule has 0 fully saturated rings. The lowest BCUT2D eigenvalue weighted by atomic mass is 9.98. The molecular formula is C19H19ClN4O. The number of methoxy groups -OCH3 is 1. The summed E-state index contributed by atoms with van der Waals surface area (Å²) in [6, 6.07) is 11.3. The Morgan fingerprint density at radius 1 is 1.12 bits per heavy atom. The van der Waals surface area contributed by atoms with Crippen LogP contribution >= 0.6 is 11.6 Å². The molecule has 25 heavy (non-hydrogen) atoms. The summed E-state index contributed by atoms with van der Waals surface area (Å²) >= 11 is 6.42. The molecule has 0 aliphatic carbocycles. The van der Waals surface area contributed by atoms with E-state index in [2.05, 4.69) is 4.99 Å². The highest BCUT2D eigenvalue weighted by molar-refractivity contribution is 6.36. The summed E-state index contributed by atoms with van der Waals surface area (Å²) in [7, 11) is 1.62. The molecule has 0 atom stereocenters. The van der Waals surface area contributed by atoms with Crippen molar-refractivity contribution in [2.75, 3.05) is 7.11 Å². The largest absolute Gasteiger partial charge is 0.496 e. The summed E-state index contributed by atoms with van der Waals surface area (Å²) in [6.45, 7) is 3.71. The molecule has 0 saturated heterocycles. The first-order chi connectivity index (χ1) is 11.9. The molecule has 128 valence electrons. The predicted molar refractivity (Wildman–Crippen MR) is 103 cm³/mol. The molecule has 2 aromatic rings. The molecule has 0 aromatic heterocycles. The van der Waals surface area contributed by atoms with E-state index in [9.17, 15) is 0 Å². The van der Waals surface area contributed by atoms with E-state index >= 15 is 0 Å². The highest BCUT2D eigenvalue weighted by Crippen LogP contribution is 2.34. The maximum Gasteiger partial charge on any atom is 0.151 e. The molecule has 0 saturated carbocycles. The lowest BCUT2D eigenvalue weighted by Gasteiger charge is -2.13. The number of hydrogen-bond acceptors (Lipinski definition) is 5. The summed E-state index contributed by atoms with van der Waals surface area (Å²) in [6.07, 6.45) is 0. The fourth-order valence-corrected chi connectivity index (χ4v) is 2.97. The summed E-state index contributed by atoms with van der Waals surface area (Å²) < 4.78 is 5.41. The Morgan fingerprint density at radius 2 is 1.84 bits per heavy atom. The second kappa shape index (κ2) is 6.61. The Hall–Kier alpha value is -2.79. The zero-order valence-electron chi connectivity index (χ0n) is 14.3. The molecular weight excluding hydrogens is 336 g/mol. The van der Waals surface area contributed by atoms with Gasteiger partial charge in [-0.05, 0) is 31.5 Å². The van der Waals surface area contributed by atoms with Gasteiger partial charge in [-0.25, -0.2) is 9.98 Å². The number of allylic oxidation sites excluding steroid dienone is 1. The third-order valence-electron chi connectivity index (χ3n) is 3.98. The van der Waals surface area contributed by atoms with E-state index < -0.39 is 0 Å². The number of amidine groups is 1. The number of aliphatic imine (C=N–C) groups is 2. The summed E-state index contributed by atoms with van der Waals surface area (Å²) in [5.41, 5.74) is 17.0. The Morgan fingerprint density at radius 3 is 2.48 bits per heavy atom. The number of ether oxygens (including phenoxy) is 1. The Labute approximate surface area is 151 Å². The Bertz CT molecular complexity index is 940. The van der Waals surface area contributed by atoms with Crippen LogP contribution < -0.4 is 16.2 Å². The van der Waals surface area contributed by atoms with Crippen LogP contribution in [-0.2, 0) is 0 Å². The van der Waals surface area contributed by atoms with Crippen LogP contribution in [0.25, 0.3) is 0 Å². The Kier molecular flexibility index (Phi) is 4.51. The molecule has 1 aliphatic heterocycles. The van der Waals surface area contributed by atoms with Gasteiger partial charge in [0.05, 0.1) is 18.5 Å². The van der Waals surface area contributed by atoms with Crippen molar-refractivity contribution in [3.05, 3.63) is 69.5 Å². The molecule has 1 heterocycles. The van der Waals surface area contributed by atoms with Gasteiger partial charge in [0, 0.05) is 27.9 Å². The number of nitrogens with zero attached hydrogens (tertiary/aromatic N) is 2. The molecule has 0 radical (unpaired) electrons. The van der Waals surface area contributed by atoms with E-state index in [0.29, 0.717) is 27.8 Å². The van der Waals surface area contributed by atoms with Crippen molar-refractivity contribution in [3.8, 4) is 5.75 Å². The average molecular weight is 355 g/mol. The van der Waals surface area contributed by atoms with Gasteiger partial charge in [-0.1, -0.05) is 29.8 Å². The highest BCUT2D eigenvalue weighted by Gasteiger charge is 2.22. The monoisotopic (exact) mass is 354 g/mol. The van der Waals surface area contributed by atoms with Gasteiger partial charge in [0.2, 0.25) is 0 Å². The number of fused-ring (bicyclic) bond motifs is 1. The minimum Gasteiger partial charge on any atom is -0.496 e. The van der Waals surface area contributed by atoms with Crippen molar-refractivity contribution in [1.82, 2.24) is 0 Å². The SMILES string of the molecule is COc1cc2c(cc1C)C(c1ccccc1Cl)=NC(=C(C)N)C(N)=N2. The smallest absolute Gasteiger partial charge is 0.151 e. The zero-order chi connectivity index (χ0) is 18.1. The first-order valence-electron chi connectivity index (χ1n) is 7.76. The topological polar surface area (TPSA) is 86.0 Å². The van der Waals surface area contributed by atoms with Crippen LogP contribution in [0.3, 0.4) is 0 Å². The molecule has 3 rings (SSSR count). The summed E-state index contributed by atoms with van der Waals surface area (Å²) in [5, 5.41) is 0.593. The number of halogens is 1. The van der Waals surface area contributed by atoms with Crippen molar-refractivity contribution < 1.29 is 4.74 Å². The van der Waals surface area contributed by atoms with Crippen molar-refractivity contribution in [1.29, 1.82) is 0 Å². The second-order valence-electron chi connectivity index (χ2n) is 5.81. The van der Waals surface area contributed by atoms with Gasteiger partial charge in [0.1, 0.15) is 11.4 Å². The van der Waals surface area contributed by atoms with Crippen LogP contribution in [0.1, 0.15) is 23.6 Å². The number of aryl methyl sites for hydroxylation is 1. The van der Waals surface area contributed by atoms with Crippen LogP contribution in [0.4, 0.5) is 5.69 Å². The second-order valence-corrected chi connectivity index (χ2v) is 6.22. The molecule has 0 amide bonds. The van der Waals surface area contributed by atoms with Crippen LogP contribution in [0, 0.1) is 6.92 Å². The maximum atomic E-state index is 6.42. The zero-order valence-corrected chi connectivity index (χ0v) is 15.1. The molecule has 0 bridgehead atoms. The van der Waals surface area contributed by atoms with Crippen molar-refractivity contribution in [3.63, 3.8) is 0 Å². The lowest BCUT2D eigenvalue weighted by Crippen LogP contribution is -2.17. The maximum absolute atomic E-state index is 6.42. The van der Waals surface area contributed by atoms with Gasteiger partial charge in [0.25, 0.3) is 0 Å². The molecule has 0 unspecified atom stereocenters. The minimum absolute atomic E-state index is 0.259. The van der Waals surface area contributed by atoms with E-state index in [1.165, 1.54) is 0 Å². The van der Waals surface area contributed by atoms with Gasteiger partial charge in [-0.3, -0.25) is 0 Å². The number of rotatable bonds is 2. The average Bonchev–Trinajstić information content (AvgIpc) is 2.71. The van der Waals surface area contributed by atoms with Gasteiger partial charge in [-0.15, -0.1) is 0 Å². The first kappa shape index (κ1) is 17.0. The van der Waals surface area contributed by atoms with E-state index in [-0.39, 0.29) is 5.84 Å². The number of nitrogens with two attached hydrogens (primary N) is 2. The lowest BCUT2D eigenvalue weighted by molar-refractivity contribution is 0.412. The first-order valence-corrected chi connectivity index (χ1v) is 8.13. The van der Waals surface area contributed by atoms with Crippen LogP contribution in [-0.4, -0.2) is 18.7 Å². The van der Waals surface area contributed by atoms with Crippen LogP contribution in [0.15, 0.2) is 57.8 Å². The fourth-order valence-electron chi connectivity index (χ4n) is 2.74. The van der Waals surface area contributed by atoms with Crippen LogP contribution in [0.5, 0.6) is 5.75 Å². The molecule has 4 N–H and O–H groups in total. The summed E-state index contributed by atoms with van der Waals surface area (Å²) in [5.74, 6) is 0.986. The minimum atomic E-state index is 0.259. The third kappa shape index (κ3) is 3.10. The predicted octanol–water partition coefficient (Wildman–Crippen LogP) is 3.69. The van der Waals surface area contributed by atoms with Gasteiger partial charge >= 0.3 is 0 Å². The number of benzene rings is 2. The van der Waals surface area contributed by atoms with Crippen molar-refractivity contribution >= 4 is 28.8 Å². The standard InChI is InChI=1S/C19H19ClN4O/c1-10-8-13-15(9-16(10)25-3)23-19(22)17(11(2)21)24-18(13)12-6-4-5-7-14(12)20/h4-9H,21H2,1-3H3,(H2,22,23). The molecule has 1 aliphatic rings. The molecule has 6 heteroatoms. The molecule has 0 spiro atoms. The normalized spacial score (nSPS) is 15.7. The van der Waals surface area contributed by atoms with Crippen molar-refractivity contribution in [2.45, 2.75) is 13.8 Å². The van der Waals surface area contributed by atoms with E-state index in [1.807, 2.05) is 43.3 Å². The highest BCUT2D eigenvalue weighted by atomic mass is 35.5. The van der Waals surface area contributed by atoms with Crippen LogP contribution in [0.2, 0.25) is 5.02 Å². The van der Waals surface area contributed by atoms with Gasteiger partial charge in [-0.2, -0.15) is 0 Å². The third-order valence-corrected chi connectivity index (χ3v) is 4.31. The van der Waals surface area contributed by atoms with Gasteiger partial charge in [0.15, 0.2) is 5.84 Å². The fraction of sp³-hybridized carbons (Fsp3) is 0.158. The molecule has 2 aromatic carbocycles. The molecule has 5 nitrogen and oxygen atoms in total. The van der Waals surface area contributed by atoms with Crippen molar-refractivity contribution in [2.24, 2.45) is 21.5 Å². The summed E-state index contributed by atoms with van der Waals surface area (Å²) in [4.78, 5) is 9.23. The van der Waals surface area contributed by atoms with E-state index in [0.717, 1.165) is 22.4 Å². The quantitative estimate of drug-likeness (QED) is 0.862. The van der Waals surface area contributed by atoms with E-state index in [4.69, 9.17) is 32.8 Å². The van der Waals surface area contributed by atoms with E-state index in [1.54, 1.807) is 14.0 Å².